The molecule has 1 saturated heterocycles. The van der Waals surface area contributed by atoms with Crippen LogP contribution in [0.5, 0.6) is 0 Å². The van der Waals surface area contributed by atoms with Crippen molar-refractivity contribution in [2.45, 2.75) is 11.8 Å². The molecule has 2 heterocycles. The molecule has 1 aromatic carbocycles. The molecule has 3 rings (SSSR count). The molecule has 2 unspecified atom stereocenters. The molecular formula is C14H14ClNO2S. The van der Waals surface area contributed by atoms with Gasteiger partial charge in [-0.3, -0.25) is 4.98 Å². The van der Waals surface area contributed by atoms with Gasteiger partial charge in [-0.05, 0) is 24.0 Å². The molecule has 1 aliphatic heterocycles. The molecule has 2 atom stereocenters. The van der Waals surface area contributed by atoms with E-state index in [1.54, 1.807) is 6.20 Å². The summed E-state index contributed by atoms with van der Waals surface area (Å²) in [6.07, 6.45) is 2.38. The maximum atomic E-state index is 11.6. The van der Waals surface area contributed by atoms with Crippen molar-refractivity contribution in [2.75, 3.05) is 11.5 Å². The molecule has 0 aliphatic carbocycles. The zero-order valence-corrected chi connectivity index (χ0v) is 11.9. The van der Waals surface area contributed by atoms with Gasteiger partial charge in [0.25, 0.3) is 0 Å². The van der Waals surface area contributed by atoms with Gasteiger partial charge in [-0.25, -0.2) is 8.42 Å². The van der Waals surface area contributed by atoms with Crippen molar-refractivity contribution in [3.8, 4) is 0 Å². The summed E-state index contributed by atoms with van der Waals surface area (Å²) in [6.45, 7) is 0. The largest absolute Gasteiger partial charge is 0.256 e. The highest BCUT2D eigenvalue weighted by Gasteiger charge is 2.34. The first kappa shape index (κ1) is 12.9. The lowest BCUT2D eigenvalue weighted by Crippen LogP contribution is -2.11. The number of pyridine rings is 1. The number of fused-ring (bicyclic) bond motifs is 1. The molecule has 0 amide bonds. The Hall–Kier alpha value is -1.13. The fourth-order valence-corrected chi connectivity index (χ4v) is 5.00. The van der Waals surface area contributed by atoms with E-state index in [1.165, 1.54) is 0 Å². The zero-order chi connectivity index (χ0) is 13.5. The van der Waals surface area contributed by atoms with Gasteiger partial charge in [0.1, 0.15) is 0 Å². The average molecular weight is 296 g/mol. The number of sulfone groups is 1. The Labute approximate surface area is 117 Å². The predicted octanol–water partition coefficient (Wildman–Crippen LogP) is 2.95. The fourth-order valence-electron chi connectivity index (χ4n) is 2.66. The second-order valence-electron chi connectivity index (χ2n) is 4.99. The molecule has 100 valence electrons. The molecule has 0 bridgehead atoms. The van der Waals surface area contributed by atoms with Crippen LogP contribution in [0, 0.1) is 5.92 Å². The van der Waals surface area contributed by atoms with Gasteiger partial charge in [0, 0.05) is 11.6 Å². The van der Waals surface area contributed by atoms with Crippen molar-refractivity contribution >= 4 is 32.3 Å². The van der Waals surface area contributed by atoms with Crippen molar-refractivity contribution in [1.29, 1.82) is 0 Å². The third-order valence-corrected chi connectivity index (χ3v) is 6.03. The van der Waals surface area contributed by atoms with Crippen LogP contribution < -0.4 is 0 Å². The minimum Gasteiger partial charge on any atom is -0.256 e. The van der Waals surface area contributed by atoms with Crippen molar-refractivity contribution in [1.82, 2.24) is 4.98 Å². The highest BCUT2D eigenvalue weighted by atomic mass is 35.5. The number of hydrogen-bond acceptors (Lipinski definition) is 3. The molecule has 0 radical (unpaired) electrons. The molecule has 19 heavy (non-hydrogen) atoms. The summed E-state index contributed by atoms with van der Waals surface area (Å²) >= 11 is 6.51. The van der Waals surface area contributed by atoms with Crippen LogP contribution in [-0.4, -0.2) is 24.9 Å². The summed E-state index contributed by atoms with van der Waals surface area (Å²) in [5.41, 5.74) is 1.80. The van der Waals surface area contributed by atoms with E-state index in [4.69, 9.17) is 11.6 Å². The van der Waals surface area contributed by atoms with Crippen LogP contribution in [0.25, 0.3) is 10.9 Å². The summed E-state index contributed by atoms with van der Waals surface area (Å²) in [5, 5.41) is 0.738. The average Bonchev–Trinajstić information content (AvgIpc) is 2.78. The van der Waals surface area contributed by atoms with E-state index in [0.717, 1.165) is 16.5 Å². The molecule has 1 aliphatic rings. The number of hydrogen-bond donors (Lipinski definition) is 0. The quantitative estimate of drug-likeness (QED) is 0.800. The van der Waals surface area contributed by atoms with Crippen molar-refractivity contribution < 1.29 is 8.42 Å². The Kier molecular flexibility index (Phi) is 3.23. The summed E-state index contributed by atoms with van der Waals surface area (Å²) in [4.78, 5) is 4.38. The maximum Gasteiger partial charge on any atom is 0.150 e. The molecule has 1 fully saturated rings. The smallest absolute Gasteiger partial charge is 0.150 e. The Morgan fingerprint density at radius 3 is 2.79 bits per heavy atom. The Balaban J connectivity index is 2.00. The molecule has 0 N–H and O–H groups in total. The minimum absolute atomic E-state index is 0.0146. The monoisotopic (exact) mass is 295 g/mol. The van der Waals surface area contributed by atoms with Crippen LogP contribution >= 0.6 is 11.6 Å². The highest BCUT2D eigenvalue weighted by Crippen LogP contribution is 2.38. The molecule has 1 aromatic heterocycles. The molecule has 2 aromatic rings. The van der Waals surface area contributed by atoms with Gasteiger partial charge in [0.2, 0.25) is 0 Å². The number of alkyl halides is 1. The van der Waals surface area contributed by atoms with Crippen LogP contribution in [0.2, 0.25) is 0 Å². The third-order valence-electron chi connectivity index (χ3n) is 3.64. The van der Waals surface area contributed by atoms with Crippen LogP contribution in [0.4, 0.5) is 0 Å². The van der Waals surface area contributed by atoms with Crippen LogP contribution in [0.1, 0.15) is 17.4 Å². The number of nitrogens with zero attached hydrogens (tertiary/aromatic N) is 1. The van der Waals surface area contributed by atoms with Gasteiger partial charge in [0.15, 0.2) is 9.84 Å². The second-order valence-corrected chi connectivity index (χ2v) is 7.69. The predicted molar refractivity (Wildman–Crippen MR) is 77.1 cm³/mol. The highest BCUT2D eigenvalue weighted by molar-refractivity contribution is 7.91. The molecule has 3 nitrogen and oxygen atoms in total. The molecule has 0 spiro atoms. The van der Waals surface area contributed by atoms with Crippen LogP contribution in [-0.2, 0) is 9.84 Å². The summed E-state index contributed by atoms with van der Waals surface area (Å²) in [7, 11) is -2.91. The SMILES string of the molecule is O=S1(=O)CCC(C(Cl)c2cccc3cccnc23)C1. The van der Waals surface area contributed by atoms with E-state index in [1.807, 2.05) is 30.3 Å². The van der Waals surface area contributed by atoms with Gasteiger partial charge in [-0.1, -0.05) is 24.3 Å². The van der Waals surface area contributed by atoms with E-state index in [-0.39, 0.29) is 22.8 Å². The molecular weight excluding hydrogens is 282 g/mol. The number of benzene rings is 1. The van der Waals surface area contributed by atoms with Crippen molar-refractivity contribution in [2.24, 2.45) is 5.92 Å². The van der Waals surface area contributed by atoms with Crippen LogP contribution in [0.15, 0.2) is 36.5 Å². The standard InChI is InChI=1S/C14H14ClNO2S/c15-13(11-6-8-19(17,18)9-11)12-5-1-3-10-4-2-7-16-14(10)12/h1-5,7,11,13H,6,8-9H2. The number of rotatable bonds is 2. The van der Waals surface area contributed by atoms with Crippen LogP contribution in [0.3, 0.4) is 0 Å². The first-order valence-electron chi connectivity index (χ1n) is 6.25. The second kappa shape index (κ2) is 4.76. The Morgan fingerprint density at radius 1 is 1.26 bits per heavy atom. The number of aromatic nitrogens is 1. The number of halogens is 1. The normalized spacial score (nSPS) is 23.5. The fraction of sp³-hybridized carbons (Fsp3) is 0.357. The zero-order valence-electron chi connectivity index (χ0n) is 10.3. The van der Waals surface area contributed by atoms with E-state index in [9.17, 15) is 8.42 Å². The first-order valence-corrected chi connectivity index (χ1v) is 8.51. The van der Waals surface area contributed by atoms with Gasteiger partial charge in [-0.15, -0.1) is 11.6 Å². The summed E-state index contributed by atoms with van der Waals surface area (Å²) in [6, 6.07) is 9.74. The molecule has 0 saturated carbocycles. The summed E-state index contributed by atoms with van der Waals surface area (Å²) in [5.74, 6) is 0.419. The van der Waals surface area contributed by atoms with Gasteiger partial charge in [0.05, 0.1) is 22.4 Å². The lowest BCUT2D eigenvalue weighted by molar-refractivity contribution is 0.570. The van der Waals surface area contributed by atoms with E-state index in [0.29, 0.717) is 6.42 Å². The topological polar surface area (TPSA) is 47.0 Å². The lowest BCUT2D eigenvalue weighted by Gasteiger charge is -2.17. The van der Waals surface area contributed by atoms with E-state index >= 15 is 0 Å². The Bertz CT molecular complexity index is 709. The minimum atomic E-state index is -2.91. The van der Waals surface area contributed by atoms with E-state index in [2.05, 4.69) is 4.98 Å². The third kappa shape index (κ3) is 2.47. The Morgan fingerprint density at radius 2 is 2.05 bits per heavy atom. The van der Waals surface area contributed by atoms with Gasteiger partial charge >= 0.3 is 0 Å². The van der Waals surface area contributed by atoms with Crippen molar-refractivity contribution in [3.63, 3.8) is 0 Å². The lowest BCUT2D eigenvalue weighted by atomic mass is 9.96. The summed E-state index contributed by atoms with van der Waals surface area (Å²) < 4.78 is 23.1. The van der Waals surface area contributed by atoms with Gasteiger partial charge < -0.3 is 0 Å². The first-order chi connectivity index (χ1) is 9.07. The maximum absolute atomic E-state index is 11.6. The van der Waals surface area contributed by atoms with Crippen molar-refractivity contribution in [3.05, 3.63) is 42.1 Å². The van der Waals surface area contributed by atoms with E-state index < -0.39 is 9.84 Å². The molecule has 5 heteroatoms. The number of para-hydroxylation sites is 1. The van der Waals surface area contributed by atoms with Gasteiger partial charge in [-0.2, -0.15) is 0 Å².